The van der Waals surface area contributed by atoms with Crippen LogP contribution in [0.5, 0.6) is 0 Å². The Morgan fingerprint density at radius 2 is 1.73 bits per heavy atom. The van der Waals surface area contributed by atoms with Gasteiger partial charge >= 0.3 is 0 Å². The van der Waals surface area contributed by atoms with Crippen LogP contribution in [0.25, 0.3) is 11.3 Å². The van der Waals surface area contributed by atoms with E-state index in [2.05, 4.69) is 5.32 Å². The summed E-state index contributed by atoms with van der Waals surface area (Å²) in [6, 6.07) is 7.98. The van der Waals surface area contributed by atoms with E-state index in [1.165, 1.54) is 6.07 Å². The molecular weight excluding hydrogens is 365 g/mol. The molecule has 136 valence electrons. The molecule has 1 N–H and O–H groups in total. The van der Waals surface area contributed by atoms with E-state index in [-0.39, 0.29) is 28.3 Å². The van der Waals surface area contributed by atoms with Crippen LogP contribution in [0.2, 0.25) is 0 Å². The fourth-order valence-corrected chi connectivity index (χ4v) is 3.90. The lowest BCUT2D eigenvalue weighted by Crippen LogP contribution is -2.14. The number of hydrogen-bond acceptors (Lipinski definition) is 3. The van der Waals surface area contributed by atoms with E-state index in [0.717, 1.165) is 46.6 Å². The monoisotopic (exact) mass is 383 g/mol. The molecule has 0 aliphatic rings. The fraction of sp³-hybridized carbons (Fsp3) is 0.111. The number of aromatic nitrogens is 1. The molecular formula is C18H15F3N2O2S. The van der Waals surface area contributed by atoms with Crippen LogP contribution in [-0.2, 0) is 16.6 Å². The molecule has 0 saturated carbocycles. The molecule has 8 heteroatoms. The van der Waals surface area contributed by atoms with Gasteiger partial charge in [-0.25, -0.2) is 25.6 Å². The average molecular weight is 383 g/mol. The standard InChI is InChI=1S/C18H15F3N2O2S/c1-22-10-12-8-18(16-7-4-14(20)9-17(16)21)23(11-12)26(24,25)15-5-2-13(19)3-6-15/h2-9,11,22H,10H2,1H3/i1D3. The molecule has 3 rings (SSSR count). The van der Waals surface area contributed by atoms with Crippen molar-refractivity contribution in [3.63, 3.8) is 0 Å². The highest BCUT2D eigenvalue weighted by Gasteiger charge is 2.23. The summed E-state index contributed by atoms with van der Waals surface area (Å²) in [6.45, 7) is -2.70. The molecule has 1 aromatic heterocycles. The molecule has 26 heavy (non-hydrogen) atoms. The smallest absolute Gasteiger partial charge is 0.268 e. The van der Waals surface area contributed by atoms with E-state index in [4.69, 9.17) is 4.11 Å². The average Bonchev–Trinajstić information content (AvgIpc) is 3.05. The number of hydrogen-bond donors (Lipinski definition) is 1. The van der Waals surface area contributed by atoms with Gasteiger partial charge in [0.1, 0.15) is 17.5 Å². The predicted octanol–water partition coefficient (Wildman–Crippen LogP) is 3.53. The first-order valence-corrected chi connectivity index (χ1v) is 8.84. The largest absolute Gasteiger partial charge is 0.316 e. The van der Waals surface area contributed by atoms with Gasteiger partial charge in [-0.2, -0.15) is 0 Å². The zero-order valence-electron chi connectivity index (χ0n) is 16.2. The van der Waals surface area contributed by atoms with Crippen molar-refractivity contribution < 1.29 is 25.7 Å². The third-order valence-electron chi connectivity index (χ3n) is 3.71. The second-order valence-corrected chi connectivity index (χ2v) is 7.28. The van der Waals surface area contributed by atoms with Crippen molar-refractivity contribution in [1.82, 2.24) is 9.29 Å². The van der Waals surface area contributed by atoms with Crippen LogP contribution in [0.15, 0.2) is 59.6 Å². The van der Waals surface area contributed by atoms with Crippen LogP contribution >= 0.6 is 0 Å². The Bertz CT molecular complexity index is 1140. The minimum absolute atomic E-state index is 0.130. The molecule has 0 spiro atoms. The van der Waals surface area contributed by atoms with Gasteiger partial charge in [0.25, 0.3) is 10.0 Å². The maximum Gasteiger partial charge on any atom is 0.268 e. The van der Waals surface area contributed by atoms with E-state index in [1.54, 1.807) is 0 Å². The molecule has 0 saturated heterocycles. The lowest BCUT2D eigenvalue weighted by molar-refractivity contribution is 0.583. The van der Waals surface area contributed by atoms with Crippen molar-refractivity contribution in [2.75, 3.05) is 6.98 Å². The summed E-state index contributed by atoms with van der Waals surface area (Å²) in [5.41, 5.74) is -0.0862. The highest BCUT2D eigenvalue weighted by molar-refractivity contribution is 7.90. The van der Waals surface area contributed by atoms with Crippen molar-refractivity contribution in [3.8, 4) is 11.3 Å². The minimum atomic E-state index is -4.27. The van der Waals surface area contributed by atoms with E-state index in [9.17, 15) is 21.6 Å². The molecule has 0 unspecified atom stereocenters. The van der Waals surface area contributed by atoms with Gasteiger partial charge in [0.05, 0.1) is 10.6 Å². The van der Waals surface area contributed by atoms with E-state index < -0.39 is 34.5 Å². The Hall–Kier alpha value is -2.58. The number of nitrogens with zero attached hydrogens (tertiary/aromatic N) is 1. The van der Waals surface area contributed by atoms with Gasteiger partial charge < -0.3 is 5.32 Å². The van der Waals surface area contributed by atoms with Crippen LogP contribution in [0.1, 0.15) is 9.68 Å². The zero-order valence-corrected chi connectivity index (χ0v) is 14.0. The maximum atomic E-state index is 14.3. The maximum absolute atomic E-state index is 14.3. The van der Waals surface area contributed by atoms with Gasteiger partial charge in [-0.1, -0.05) is 0 Å². The highest BCUT2D eigenvalue weighted by Crippen LogP contribution is 2.29. The van der Waals surface area contributed by atoms with Gasteiger partial charge in [0.2, 0.25) is 0 Å². The Morgan fingerprint density at radius 1 is 1.04 bits per heavy atom. The van der Waals surface area contributed by atoms with E-state index in [0.29, 0.717) is 6.07 Å². The molecule has 3 aromatic rings. The summed E-state index contributed by atoms with van der Waals surface area (Å²) in [4.78, 5) is -0.256. The first-order valence-electron chi connectivity index (χ1n) is 8.90. The topological polar surface area (TPSA) is 51.1 Å². The molecule has 0 radical (unpaired) electrons. The van der Waals surface area contributed by atoms with E-state index >= 15 is 0 Å². The molecule has 0 aliphatic heterocycles. The van der Waals surface area contributed by atoms with E-state index in [1.807, 2.05) is 0 Å². The second kappa shape index (κ2) is 6.97. The van der Waals surface area contributed by atoms with Gasteiger partial charge in [0.15, 0.2) is 0 Å². The third kappa shape index (κ3) is 3.38. The molecule has 0 atom stereocenters. The SMILES string of the molecule is [2H]C([2H])([2H])NCc1cc(-c2ccc(F)cc2F)n(S(=O)(=O)c2ccc(F)cc2)c1. The lowest BCUT2D eigenvalue weighted by Gasteiger charge is -2.11. The van der Waals surface area contributed by atoms with Crippen LogP contribution in [0.3, 0.4) is 0 Å². The Kier molecular flexibility index (Phi) is 3.91. The normalized spacial score (nSPS) is 13.9. The molecule has 0 amide bonds. The summed E-state index contributed by atoms with van der Waals surface area (Å²) in [5.74, 6) is -2.46. The van der Waals surface area contributed by atoms with Crippen molar-refractivity contribution >= 4 is 10.0 Å². The molecule has 0 aliphatic carbocycles. The first kappa shape index (κ1) is 14.6. The second-order valence-electron chi connectivity index (χ2n) is 5.47. The zero-order chi connectivity index (χ0) is 21.4. The molecule has 2 aromatic carbocycles. The number of halogens is 3. The lowest BCUT2D eigenvalue weighted by atomic mass is 10.1. The molecule has 0 bridgehead atoms. The van der Waals surface area contributed by atoms with Crippen LogP contribution in [-0.4, -0.2) is 19.4 Å². The number of rotatable bonds is 5. The van der Waals surface area contributed by atoms with Crippen molar-refractivity contribution in [1.29, 1.82) is 0 Å². The third-order valence-corrected chi connectivity index (χ3v) is 5.40. The molecule has 0 fully saturated rings. The Balaban J connectivity index is 2.15. The van der Waals surface area contributed by atoms with Crippen LogP contribution < -0.4 is 5.32 Å². The van der Waals surface area contributed by atoms with Crippen LogP contribution in [0, 0.1) is 17.5 Å². The summed E-state index contributed by atoms with van der Waals surface area (Å²) in [6.07, 6.45) is 1.13. The van der Waals surface area contributed by atoms with Crippen molar-refractivity contribution in [3.05, 3.63) is 77.7 Å². The summed E-state index contributed by atoms with van der Waals surface area (Å²) >= 11 is 0. The Labute approximate surface area is 153 Å². The highest BCUT2D eigenvalue weighted by atomic mass is 32.2. The predicted molar refractivity (Wildman–Crippen MR) is 91.5 cm³/mol. The summed E-state index contributed by atoms with van der Waals surface area (Å²) < 4.78 is 89.3. The minimum Gasteiger partial charge on any atom is -0.316 e. The molecule has 1 heterocycles. The number of benzene rings is 2. The van der Waals surface area contributed by atoms with Gasteiger partial charge in [-0.05, 0) is 55.0 Å². The fourth-order valence-electron chi connectivity index (χ4n) is 2.51. The van der Waals surface area contributed by atoms with Crippen molar-refractivity contribution in [2.45, 2.75) is 11.4 Å². The van der Waals surface area contributed by atoms with Gasteiger partial charge in [0, 0.05) is 28.5 Å². The first-order chi connectivity index (χ1) is 13.5. The summed E-state index contributed by atoms with van der Waals surface area (Å²) in [7, 11) is -4.27. The van der Waals surface area contributed by atoms with Crippen LogP contribution in [0.4, 0.5) is 13.2 Å². The molecule has 4 nitrogen and oxygen atoms in total. The van der Waals surface area contributed by atoms with Crippen molar-refractivity contribution in [2.24, 2.45) is 0 Å². The Morgan fingerprint density at radius 3 is 2.38 bits per heavy atom. The number of nitrogens with one attached hydrogen (secondary N) is 1. The quantitative estimate of drug-likeness (QED) is 0.733. The summed E-state index contributed by atoms with van der Waals surface area (Å²) in [5, 5.41) is 2.24. The van der Waals surface area contributed by atoms with Gasteiger partial charge in [-0.3, -0.25) is 0 Å². The van der Waals surface area contributed by atoms with Gasteiger partial charge in [-0.15, -0.1) is 0 Å².